The van der Waals surface area contributed by atoms with E-state index >= 15 is 0 Å². The lowest BCUT2D eigenvalue weighted by molar-refractivity contribution is 0.308. The number of phenolic OH excluding ortho intramolecular Hbond substituents is 2. The summed E-state index contributed by atoms with van der Waals surface area (Å²) in [6.07, 6.45) is 4.65. The van der Waals surface area contributed by atoms with Gasteiger partial charge < -0.3 is 14.9 Å². The monoisotopic (exact) mass is 260 g/mol. The van der Waals surface area contributed by atoms with Gasteiger partial charge in [0.15, 0.2) is 0 Å². The molecule has 0 fully saturated rings. The number of hydrogen-bond acceptors (Lipinski definition) is 3. The lowest BCUT2D eigenvalue weighted by Gasteiger charge is -2.10. The minimum absolute atomic E-state index is 0.142. The molecule has 2 N–H and O–H groups in total. The van der Waals surface area contributed by atoms with Crippen molar-refractivity contribution in [2.45, 2.75) is 32.6 Å². The zero-order valence-corrected chi connectivity index (χ0v) is 11.2. The number of phenols is 2. The van der Waals surface area contributed by atoms with E-state index in [1.165, 1.54) is 19.3 Å². The molecule has 0 radical (unpaired) electrons. The van der Waals surface area contributed by atoms with Gasteiger partial charge in [-0.25, -0.2) is 0 Å². The van der Waals surface area contributed by atoms with E-state index in [2.05, 4.69) is 6.92 Å². The maximum absolute atomic E-state index is 9.79. The summed E-state index contributed by atoms with van der Waals surface area (Å²) in [6, 6.07) is 8.30. The SMILES string of the molecule is CCCCCCOc1ccc(O)c2cc(O)ccc12. The zero-order chi connectivity index (χ0) is 13.7. The molecule has 0 atom stereocenters. The number of hydrogen-bond donors (Lipinski definition) is 2. The molecule has 0 aliphatic heterocycles. The van der Waals surface area contributed by atoms with Gasteiger partial charge in [0.05, 0.1) is 6.61 Å². The highest BCUT2D eigenvalue weighted by Crippen LogP contribution is 2.34. The summed E-state index contributed by atoms with van der Waals surface area (Å²) < 4.78 is 5.77. The highest BCUT2D eigenvalue weighted by atomic mass is 16.5. The fraction of sp³-hybridized carbons (Fsp3) is 0.375. The van der Waals surface area contributed by atoms with Gasteiger partial charge in [-0.1, -0.05) is 26.2 Å². The number of rotatable bonds is 6. The average Bonchev–Trinajstić information content (AvgIpc) is 2.41. The number of unbranched alkanes of at least 4 members (excludes halogenated alkanes) is 3. The standard InChI is InChI=1S/C16H20O3/c1-2-3-4-5-10-19-16-9-8-15(18)14-11-12(17)6-7-13(14)16/h6-9,11,17-18H,2-5,10H2,1H3. The zero-order valence-electron chi connectivity index (χ0n) is 11.2. The second-order valence-electron chi connectivity index (χ2n) is 4.72. The first-order valence-corrected chi connectivity index (χ1v) is 6.80. The predicted octanol–water partition coefficient (Wildman–Crippen LogP) is 4.21. The van der Waals surface area contributed by atoms with Crippen LogP contribution in [0, 0.1) is 0 Å². The van der Waals surface area contributed by atoms with Crippen molar-refractivity contribution in [3.63, 3.8) is 0 Å². The van der Waals surface area contributed by atoms with Gasteiger partial charge >= 0.3 is 0 Å². The molecule has 2 aromatic rings. The first-order valence-electron chi connectivity index (χ1n) is 6.80. The molecule has 102 valence electrons. The van der Waals surface area contributed by atoms with E-state index in [-0.39, 0.29) is 11.5 Å². The average molecular weight is 260 g/mol. The van der Waals surface area contributed by atoms with Crippen LogP contribution in [0.15, 0.2) is 30.3 Å². The molecule has 2 rings (SSSR count). The Hall–Kier alpha value is -1.90. The van der Waals surface area contributed by atoms with Crippen molar-refractivity contribution < 1.29 is 14.9 Å². The van der Waals surface area contributed by atoms with E-state index in [0.29, 0.717) is 12.0 Å². The Morgan fingerprint density at radius 3 is 2.58 bits per heavy atom. The van der Waals surface area contributed by atoms with Crippen LogP contribution in [0.4, 0.5) is 0 Å². The molecule has 3 nitrogen and oxygen atoms in total. The minimum atomic E-state index is 0.142. The molecule has 0 aliphatic rings. The Morgan fingerprint density at radius 1 is 0.947 bits per heavy atom. The van der Waals surface area contributed by atoms with Crippen molar-refractivity contribution in [3.05, 3.63) is 30.3 Å². The van der Waals surface area contributed by atoms with Crippen molar-refractivity contribution in [2.75, 3.05) is 6.61 Å². The Morgan fingerprint density at radius 2 is 1.79 bits per heavy atom. The maximum atomic E-state index is 9.79. The van der Waals surface area contributed by atoms with E-state index in [1.54, 1.807) is 30.3 Å². The molecular formula is C16H20O3. The smallest absolute Gasteiger partial charge is 0.127 e. The molecule has 0 amide bonds. The highest BCUT2D eigenvalue weighted by molar-refractivity contribution is 5.93. The van der Waals surface area contributed by atoms with Crippen LogP contribution < -0.4 is 4.74 Å². The Labute approximate surface area is 113 Å². The summed E-state index contributed by atoms with van der Waals surface area (Å²) in [5.41, 5.74) is 0. The second-order valence-corrected chi connectivity index (χ2v) is 4.72. The topological polar surface area (TPSA) is 49.7 Å². The van der Waals surface area contributed by atoms with Gasteiger partial charge in [0, 0.05) is 10.8 Å². The van der Waals surface area contributed by atoms with Gasteiger partial charge in [-0.15, -0.1) is 0 Å². The van der Waals surface area contributed by atoms with Gasteiger partial charge in [0.2, 0.25) is 0 Å². The van der Waals surface area contributed by atoms with Crippen LogP contribution in [0.3, 0.4) is 0 Å². The first kappa shape index (κ1) is 13.5. The van der Waals surface area contributed by atoms with E-state index < -0.39 is 0 Å². The molecular weight excluding hydrogens is 240 g/mol. The fourth-order valence-corrected chi connectivity index (χ4v) is 2.13. The van der Waals surface area contributed by atoms with Crippen LogP contribution in [0.5, 0.6) is 17.2 Å². The lowest BCUT2D eigenvalue weighted by Crippen LogP contribution is -1.97. The van der Waals surface area contributed by atoms with Crippen LogP contribution >= 0.6 is 0 Å². The minimum Gasteiger partial charge on any atom is -0.508 e. The molecule has 0 bridgehead atoms. The molecule has 0 aromatic heterocycles. The largest absolute Gasteiger partial charge is 0.508 e. The first-order chi connectivity index (χ1) is 9.22. The molecule has 3 heteroatoms. The van der Waals surface area contributed by atoms with Crippen LogP contribution in [0.2, 0.25) is 0 Å². The third-order valence-corrected chi connectivity index (χ3v) is 3.19. The normalized spacial score (nSPS) is 10.8. The van der Waals surface area contributed by atoms with Crippen molar-refractivity contribution in [1.29, 1.82) is 0 Å². The maximum Gasteiger partial charge on any atom is 0.127 e. The molecule has 0 saturated carbocycles. The Balaban J connectivity index is 2.13. The van der Waals surface area contributed by atoms with Gasteiger partial charge in [-0.3, -0.25) is 0 Å². The molecule has 0 unspecified atom stereocenters. The molecule has 0 spiro atoms. The fourth-order valence-electron chi connectivity index (χ4n) is 2.13. The van der Waals surface area contributed by atoms with Crippen molar-refractivity contribution in [3.8, 4) is 17.2 Å². The number of fused-ring (bicyclic) bond motifs is 1. The van der Waals surface area contributed by atoms with E-state index in [0.717, 1.165) is 17.6 Å². The molecule has 2 aromatic carbocycles. The quantitative estimate of drug-likeness (QED) is 0.765. The molecule has 0 aliphatic carbocycles. The van der Waals surface area contributed by atoms with Crippen molar-refractivity contribution in [2.24, 2.45) is 0 Å². The van der Waals surface area contributed by atoms with E-state index in [4.69, 9.17) is 4.74 Å². The van der Waals surface area contributed by atoms with Gasteiger partial charge in [-0.05, 0) is 36.8 Å². The Bertz CT molecular complexity index is 549. The van der Waals surface area contributed by atoms with Gasteiger partial charge in [0.25, 0.3) is 0 Å². The highest BCUT2D eigenvalue weighted by Gasteiger charge is 2.07. The summed E-state index contributed by atoms with van der Waals surface area (Å²) in [6.45, 7) is 2.86. The summed E-state index contributed by atoms with van der Waals surface area (Å²) in [7, 11) is 0. The Kier molecular flexibility index (Phi) is 4.50. The second kappa shape index (κ2) is 6.32. The third-order valence-electron chi connectivity index (χ3n) is 3.19. The van der Waals surface area contributed by atoms with Gasteiger partial charge in [0.1, 0.15) is 17.2 Å². The summed E-state index contributed by atoms with van der Waals surface area (Å²) in [5, 5.41) is 20.7. The molecule has 0 heterocycles. The number of aromatic hydroxyl groups is 2. The van der Waals surface area contributed by atoms with Crippen LogP contribution in [-0.4, -0.2) is 16.8 Å². The number of ether oxygens (including phenoxy) is 1. The van der Waals surface area contributed by atoms with Crippen LogP contribution in [-0.2, 0) is 0 Å². The van der Waals surface area contributed by atoms with Gasteiger partial charge in [-0.2, -0.15) is 0 Å². The summed E-state index contributed by atoms with van der Waals surface area (Å²) >= 11 is 0. The summed E-state index contributed by atoms with van der Waals surface area (Å²) in [4.78, 5) is 0. The third kappa shape index (κ3) is 3.31. The predicted molar refractivity (Wildman–Crippen MR) is 76.9 cm³/mol. The van der Waals surface area contributed by atoms with Crippen LogP contribution in [0.1, 0.15) is 32.6 Å². The van der Waals surface area contributed by atoms with E-state index in [9.17, 15) is 10.2 Å². The lowest BCUT2D eigenvalue weighted by atomic mass is 10.1. The van der Waals surface area contributed by atoms with Crippen molar-refractivity contribution in [1.82, 2.24) is 0 Å². The van der Waals surface area contributed by atoms with Crippen molar-refractivity contribution >= 4 is 10.8 Å². The number of benzene rings is 2. The molecule has 0 saturated heterocycles. The van der Waals surface area contributed by atoms with Crippen LogP contribution in [0.25, 0.3) is 10.8 Å². The molecule has 19 heavy (non-hydrogen) atoms. The van der Waals surface area contributed by atoms with E-state index in [1.807, 2.05) is 0 Å². The summed E-state index contributed by atoms with van der Waals surface area (Å²) in [5.74, 6) is 1.05.